The summed E-state index contributed by atoms with van der Waals surface area (Å²) in [6, 6.07) is 7.60. The Balaban J connectivity index is 1.63. The highest BCUT2D eigenvalue weighted by molar-refractivity contribution is 5.75. The van der Waals surface area contributed by atoms with Gasteiger partial charge in [0.2, 0.25) is 0 Å². The molecule has 3 rings (SSSR count). The van der Waals surface area contributed by atoms with Crippen LogP contribution >= 0.6 is 0 Å². The average Bonchev–Trinajstić information content (AvgIpc) is 3.29. The highest BCUT2D eigenvalue weighted by Crippen LogP contribution is 2.39. The maximum Gasteiger partial charge on any atom is 0.315 e. The molecule has 1 atom stereocenters. The van der Waals surface area contributed by atoms with Gasteiger partial charge >= 0.3 is 6.03 Å². The van der Waals surface area contributed by atoms with Crippen molar-refractivity contribution in [1.82, 2.24) is 20.2 Å². The van der Waals surface area contributed by atoms with Gasteiger partial charge in [-0.25, -0.2) is 9.78 Å². The van der Waals surface area contributed by atoms with E-state index in [1.54, 1.807) is 12.5 Å². The third-order valence-corrected chi connectivity index (χ3v) is 4.42. The van der Waals surface area contributed by atoms with E-state index in [1.165, 1.54) is 0 Å². The molecule has 1 aliphatic rings. The average molecular weight is 314 g/mol. The fraction of sp³-hybridized carbons (Fsp3) is 0.412. The first-order valence-electron chi connectivity index (χ1n) is 7.85. The number of urea groups is 1. The van der Waals surface area contributed by atoms with Crippen molar-refractivity contribution in [3.05, 3.63) is 48.5 Å². The number of nitrogens with zero attached hydrogens (tertiary/aromatic N) is 2. The first-order chi connectivity index (χ1) is 11.1. The zero-order chi connectivity index (χ0) is 16.3. The molecule has 1 aromatic heterocycles. The van der Waals surface area contributed by atoms with Gasteiger partial charge in [-0.3, -0.25) is 0 Å². The van der Waals surface area contributed by atoms with E-state index in [2.05, 4.69) is 15.6 Å². The van der Waals surface area contributed by atoms with E-state index in [-0.39, 0.29) is 12.6 Å². The van der Waals surface area contributed by atoms with Gasteiger partial charge in [-0.05, 0) is 37.3 Å². The second kappa shape index (κ2) is 6.42. The minimum atomic E-state index is -0.534. The van der Waals surface area contributed by atoms with E-state index in [0.29, 0.717) is 12.5 Å². The van der Waals surface area contributed by atoms with Gasteiger partial charge < -0.3 is 20.3 Å². The molecule has 1 aliphatic carbocycles. The molecule has 0 aliphatic heterocycles. The summed E-state index contributed by atoms with van der Waals surface area (Å²) in [5.74, 6) is 0.372. The molecule has 23 heavy (non-hydrogen) atoms. The monoisotopic (exact) mass is 314 g/mol. The van der Waals surface area contributed by atoms with Gasteiger partial charge in [0.05, 0.1) is 24.2 Å². The summed E-state index contributed by atoms with van der Waals surface area (Å²) in [4.78, 5) is 16.2. The Morgan fingerprint density at radius 1 is 1.43 bits per heavy atom. The quantitative estimate of drug-likeness (QED) is 0.761. The Labute approximate surface area is 135 Å². The van der Waals surface area contributed by atoms with Crippen LogP contribution in [0.1, 0.15) is 25.3 Å². The lowest BCUT2D eigenvalue weighted by atomic mass is 9.97. The summed E-state index contributed by atoms with van der Waals surface area (Å²) in [7, 11) is 0. The van der Waals surface area contributed by atoms with Crippen LogP contribution in [0.3, 0.4) is 0 Å². The molecule has 0 bridgehead atoms. The number of hydrogen-bond donors (Lipinski definition) is 3. The van der Waals surface area contributed by atoms with Crippen molar-refractivity contribution < 1.29 is 9.90 Å². The number of aromatic nitrogens is 2. The van der Waals surface area contributed by atoms with Crippen molar-refractivity contribution >= 4 is 6.03 Å². The van der Waals surface area contributed by atoms with Gasteiger partial charge in [-0.15, -0.1) is 0 Å². The second-order valence-electron chi connectivity index (χ2n) is 6.26. The van der Waals surface area contributed by atoms with Crippen LogP contribution in [0.2, 0.25) is 0 Å². The number of para-hydroxylation sites is 1. The van der Waals surface area contributed by atoms with Gasteiger partial charge in [0.1, 0.15) is 0 Å². The second-order valence-corrected chi connectivity index (χ2v) is 6.26. The van der Waals surface area contributed by atoms with Crippen LogP contribution in [0.25, 0.3) is 5.69 Å². The Bertz CT molecular complexity index is 667. The summed E-state index contributed by atoms with van der Waals surface area (Å²) in [6.45, 7) is 2.26. The maximum atomic E-state index is 12.2. The van der Waals surface area contributed by atoms with Crippen molar-refractivity contribution in [2.45, 2.75) is 31.8 Å². The molecule has 1 heterocycles. The fourth-order valence-corrected chi connectivity index (χ4v) is 2.78. The topological polar surface area (TPSA) is 79.2 Å². The number of nitrogens with one attached hydrogen (secondary N) is 2. The third-order valence-electron chi connectivity index (χ3n) is 4.42. The van der Waals surface area contributed by atoms with Crippen LogP contribution in [0.4, 0.5) is 4.79 Å². The SMILES string of the molecule is CC(CO)(NC(=O)NCc1ccccc1-n1ccnc1)C1CC1. The van der Waals surface area contributed by atoms with E-state index in [4.69, 9.17) is 0 Å². The lowest BCUT2D eigenvalue weighted by Crippen LogP contribution is -2.53. The molecule has 1 unspecified atom stereocenters. The zero-order valence-corrected chi connectivity index (χ0v) is 13.2. The summed E-state index contributed by atoms with van der Waals surface area (Å²) in [5, 5.41) is 15.3. The van der Waals surface area contributed by atoms with Crippen molar-refractivity contribution in [2.24, 2.45) is 5.92 Å². The molecular formula is C17H22N4O2. The largest absolute Gasteiger partial charge is 0.394 e. The molecule has 1 fully saturated rings. The number of benzene rings is 1. The zero-order valence-electron chi connectivity index (χ0n) is 13.2. The molecule has 2 amide bonds. The standard InChI is InChI=1S/C17H22N4O2/c1-17(11-22,14-6-7-14)20-16(23)19-10-13-4-2-3-5-15(13)21-9-8-18-12-21/h2-5,8-9,12,14,22H,6-7,10-11H2,1H3,(H2,19,20,23). The molecule has 1 saturated carbocycles. The normalized spacial score (nSPS) is 16.6. The Hall–Kier alpha value is -2.34. The number of aliphatic hydroxyl groups is 1. The number of rotatable bonds is 6. The number of carbonyl (C=O) groups excluding carboxylic acids is 1. The number of carbonyl (C=O) groups is 1. The van der Waals surface area contributed by atoms with E-state index >= 15 is 0 Å². The fourth-order valence-electron chi connectivity index (χ4n) is 2.78. The Kier molecular flexibility index (Phi) is 4.34. The highest BCUT2D eigenvalue weighted by atomic mass is 16.3. The molecule has 3 N–H and O–H groups in total. The summed E-state index contributed by atoms with van der Waals surface area (Å²) >= 11 is 0. The van der Waals surface area contributed by atoms with Crippen LogP contribution < -0.4 is 10.6 Å². The van der Waals surface area contributed by atoms with E-state index in [9.17, 15) is 9.90 Å². The van der Waals surface area contributed by atoms with Gasteiger partial charge in [0, 0.05) is 18.9 Å². The molecule has 0 saturated heterocycles. The molecule has 0 spiro atoms. The first kappa shape index (κ1) is 15.6. The smallest absolute Gasteiger partial charge is 0.315 e. The molecule has 6 heteroatoms. The number of amides is 2. The van der Waals surface area contributed by atoms with Gasteiger partial charge in [-0.2, -0.15) is 0 Å². The molecule has 6 nitrogen and oxygen atoms in total. The number of aliphatic hydroxyl groups excluding tert-OH is 1. The lowest BCUT2D eigenvalue weighted by Gasteiger charge is -2.28. The summed E-state index contributed by atoms with van der Waals surface area (Å²) < 4.78 is 1.91. The third kappa shape index (κ3) is 3.53. The molecule has 1 aromatic carbocycles. The van der Waals surface area contributed by atoms with Crippen molar-refractivity contribution in [3.63, 3.8) is 0 Å². The predicted octanol–water partition coefficient (Wildman–Crippen LogP) is 1.83. The lowest BCUT2D eigenvalue weighted by molar-refractivity contribution is 0.155. The van der Waals surface area contributed by atoms with Crippen molar-refractivity contribution in [2.75, 3.05) is 6.61 Å². The molecular weight excluding hydrogens is 292 g/mol. The first-order valence-corrected chi connectivity index (χ1v) is 7.85. The number of hydrogen-bond acceptors (Lipinski definition) is 3. The number of imidazole rings is 1. The van der Waals surface area contributed by atoms with E-state index in [1.807, 2.05) is 42.0 Å². The van der Waals surface area contributed by atoms with Crippen LogP contribution in [-0.4, -0.2) is 32.8 Å². The molecule has 122 valence electrons. The Morgan fingerprint density at radius 2 is 2.22 bits per heavy atom. The van der Waals surface area contributed by atoms with Gasteiger partial charge in [0.25, 0.3) is 0 Å². The minimum absolute atomic E-state index is 0.0449. The van der Waals surface area contributed by atoms with Crippen molar-refractivity contribution in [3.8, 4) is 5.69 Å². The van der Waals surface area contributed by atoms with Crippen LogP contribution in [-0.2, 0) is 6.54 Å². The van der Waals surface area contributed by atoms with Crippen molar-refractivity contribution in [1.29, 1.82) is 0 Å². The van der Waals surface area contributed by atoms with Crippen LogP contribution in [0.5, 0.6) is 0 Å². The summed E-state index contributed by atoms with van der Waals surface area (Å²) in [5.41, 5.74) is 1.45. The molecule has 0 radical (unpaired) electrons. The highest BCUT2D eigenvalue weighted by Gasteiger charge is 2.42. The van der Waals surface area contributed by atoms with Crippen LogP contribution in [0, 0.1) is 5.92 Å². The van der Waals surface area contributed by atoms with Crippen LogP contribution in [0.15, 0.2) is 43.0 Å². The van der Waals surface area contributed by atoms with E-state index in [0.717, 1.165) is 24.1 Å². The van der Waals surface area contributed by atoms with E-state index < -0.39 is 5.54 Å². The van der Waals surface area contributed by atoms with Gasteiger partial charge in [0.15, 0.2) is 0 Å². The Morgan fingerprint density at radius 3 is 2.87 bits per heavy atom. The summed E-state index contributed by atoms with van der Waals surface area (Å²) in [6.07, 6.45) is 7.44. The predicted molar refractivity (Wildman–Crippen MR) is 87.2 cm³/mol. The minimum Gasteiger partial charge on any atom is -0.394 e. The van der Waals surface area contributed by atoms with Gasteiger partial charge in [-0.1, -0.05) is 18.2 Å². The molecule has 2 aromatic rings. The maximum absolute atomic E-state index is 12.2.